The molecule has 0 saturated carbocycles. The van der Waals surface area contributed by atoms with Gasteiger partial charge < -0.3 is 5.32 Å². The molecule has 0 unspecified atom stereocenters. The SMILES string of the molecule is C[C@H](C(=O)Nc1ccccc1)N(C)Cc1cnccn1. The molecule has 1 aromatic carbocycles. The lowest BCUT2D eigenvalue weighted by molar-refractivity contribution is -0.120. The molecule has 0 radical (unpaired) electrons. The molecule has 1 amide bonds. The number of rotatable bonds is 5. The second-order valence-electron chi connectivity index (χ2n) is 4.64. The van der Waals surface area contributed by atoms with Gasteiger partial charge in [0.15, 0.2) is 0 Å². The van der Waals surface area contributed by atoms with Crippen LogP contribution >= 0.6 is 0 Å². The first-order valence-electron chi connectivity index (χ1n) is 6.48. The Hall–Kier alpha value is -2.27. The van der Waals surface area contributed by atoms with Crippen molar-refractivity contribution in [1.82, 2.24) is 14.9 Å². The molecule has 0 saturated heterocycles. The summed E-state index contributed by atoms with van der Waals surface area (Å²) >= 11 is 0. The third-order valence-electron chi connectivity index (χ3n) is 3.11. The van der Waals surface area contributed by atoms with Crippen LogP contribution in [0.1, 0.15) is 12.6 Å². The Bertz CT molecular complexity index is 544. The monoisotopic (exact) mass is 270 g/mol. The van der Waals surface area contributed by atoms with E-state index in [1.807, 2.05) is 49.2 Å². The average Bonchev–Trinajstić information content (AvgIpc) is 2.48. The van der Waals surface area contributed by atoms with E-state index in [0.717, 1.165) is 11.4 Å². The summed E-state index contributed by atoms with van der Waals surface area (Å²) in [4.78, 5) is 22.3. The lowest BCUT2D eigenvalue weighted by Gasteiger charge is -2.23. The van der Waals surface area contributed by atoms with E-state index in [9.17, 15) is 4.79 Å². The van der Waals surface area contributed by atoms with Crippen molar-refractivity contribution in [2.75, 3.05) is 12.4 Å². The van der Waals surface area contributed by atoms with E-state index < -0.39 is 0 Å². The van der Waals surface area contributed by atoms with Crippen molar-refractivity contribution < 1.29 is 4.79 Å². The predicted molar refractivity (Wildman–Crippen MR) is 78.0 cm³/mol. The van der Waals surface area contributed by atoms with E-state index in [1.165, 1.54) is 0 Å². The van der Waals surface area contributed by atoms with E-state index in [4.69, 9.17) is 0 Å². The smallest absolute Gasteiger partial charge is 0.241 e. The van der Waals surface area contributed by atoms with Crippen molar-refractivity contribution in [2.45, 2.75) is 19.5 Å². The van der Waals surface area contributed by atoms with Crippen molar-refractivity contribution in [3.05, 3.63) is 54.6 Å². The van der Waals surface area contributed by atoms with Gasteiger partial charge in [-0.1, -0.05) is 18.2 Å². The molecule has 0 aliphatic rings. The Morgan fingerprint density at radius 2 is 2.05 bits per heavy atom. The number of para-hydroxylation sites is 1. The van der Waals surface area contributed by atoms with Gasteiger partial charge in [-0.3, -0.25) is 19.7 Å². The Labute approximate surface area is 118 Å². The molecule has 1 atom stereocenters. The highest BCUT2D eigenvalue weighted by Gasteiger charge is 2.18. The molecule has 20 heavy (non-hydrogen) atoms. The highest BCUT2D eigenvalue weighted by atomic mass is 16.2. The summed E-state index contributed by atoms with van der Waals surface area (Å²) in [6.07, 6.45) is 4.99. The minimum absolute atomic E-state index is 0.0393. The van der Waals surface area contributed by atoms with E-state index in [0.29, 0.717) is 6.54 Å². The highest BCUT2D eigenvalue weighted by Crippen LogP contribution is 2.08. The van der Waals surface area contributed by atoms with Gasteiger partial charge in [-0.2, -0.15) is 0 Å². The zero-order valence-corrected chi connectivity index (χ0v) is 11.7. The lowest BCUT2D eigenvalue weighted by Crippen LogP contribution is -2.39. The normalized spacial score (nSPS) is 12.2. The molecular formula is C15H18N4O. The molecule has 0 spiro atoms. The maximum atomic E-state index is 12.2. The number of carbonyl (C=O) groups is 1. The number of nitrogens with zero attached hydrogens (tertiary/aromatic N) is 3. The minimum atomic E-state index is -0.253. The molecule has 0 fully saturated rings. The summed E-state index contributed by atoms with van der Waals surface area (Å²) in [5.41, 5.74) is 1.65. The van der Waals surface area contributed by atoms with Gasteiger partial charge in [0.25, 0.3) is 0 Å². The summed E-state index contributed by atoms with van der Waals surface area (Å²) in [7, 11) is 1.89. The van der Waals surface area contributed by atoms with Gasteiger partial charge in [-0.25, -0.2) is 0 Å². The standard InChI is InChI=1S/C15H18N4O/c1-12(15(20)18-13-6-4-3-5-7-13)19(2)11-14-10-16-8-9-17-14/h3-10,12H,11H2,1-2H3,(H,18,20)/t12-/m1/s1. The molecule has 0 aliphatic heterocycles. The van der Waals surface area contributed by atoms with Crippen LogP contribution in [-0.4, -0.2) is 33.9 Å². The van der Waals surface area contributed by atoms with Gasteiger partial charge in [0, 0.05) is 30.8 Å². The van der Waals surface area contributed by atoms with Gasteiger partial charge in [-0.05, 0) is 26.1 Å². The van der Waals surface area contributed by atoms with Gasteiger partial charge >= 0.3 is 0 Å². The van der Waals surface area contributed by atoms with Gasteiger partial charge in [0.05, 0.1) is 11.7 Å². The third-order valence-corrected chi connectivity index (χ3v) is 3.11. The first-order valence-corrected chi connectivity index (χ1v) is 6.48. The average molecular weight is 270 g/mol. The first kappa shape index (κ1) is 14.1. The van der Waals surface area contributed by atoms with Crippen LogP contribution in [-0.2, 0) is 11.3 Å². The van der Waals surface area contributed by atoms with Crippen LogP contribution < -0.4 is 5.32 Å². The summed E-state index contributed by atoms with van der Waals surface area (Å²) in [6.45, 7) is 2.45. The second kappa shape index (κ2) is 6.77. The molecule has 1 N–H and O–H groups in total. The number of carbonyl (C=O) groups excluding carboxylic acids is 1. The van der Waals surface area contributed by atoms with Crippen LogP contribution in [0, 0.1) is 0 Å². The van der Waals surface area contributed by atoms with Gasteiger partial charge in [-0.15, -0.1) is 0 Å². The maximum absolute atomic E-state index is 12.2. The summed E-state index contributed by atoms with van der Waals surface area (Å²) in [5, 5.41) is 2.89. The molecule has 1 aromatic heterocycles. The fraction of sp³-hybridized carbons (Fsp3) is 0.267. The van der Waals surface area contributed by atoms with E-state index in [2.05, 4.69) is 15.3 Å². The predicted octanol–water partition coefficient (Wildman–Crippen LogP) is 1.94. The Morgan fingerprint density at radius 3 is 2.70 bits per heavy atom. The summed E-state index contributed by atoms with van der Waals surface area (Å²) in [5.74, 6) is -0.0393. The number of aromatic nitrogens is 2. The Kier molecular flexibility index (Phi) is 4.79. The zero-order chi connectivity index (χ0) is 14.4. The van der Waals surface area contributed by atoms with Crippen LogP contribution in [0.4, 0.5) is 5.69 Å². The Morgan fingerprint density at radius 1 is 1.30 bits per heavy atom. The molecule has 104 valence electrons. The number of anilines is 1. The first-order chi connectivity index (χ1) is 9.66. The molecule has 5 nitrogen and oxygen atoms in total. The molecule has 0 bridgehead atoms. The maximum Gasteiger partial charge on any atom is 0.241 e. The fourth-order valence-electron chi connectivity index (χ4n) is 1.77. The van der Waals surface area contributed by atoms with Crippen molar-refractivity contribution >= 4 is 11.6 Å². The van der Waals surface area contributed by atoms with Crippen LogP contribution in [0.25, 0.3) is 0 Å². The number of likely N-dealkylation sites (N-methyl/N-ethyl adjacent to an activating group) is 1. The van der Waals surface area contributed by atoms with Gasteiger partial charge in [0.1, 0.15) is 0 Å². The van der Waals surface area contributed by atoms with Crippen LogP contribution in [0.2, 0.25) is 0 Å². The zero-order valence-electron chi connectivity index (χ0n) is 11.7. The molecule has 1 heterocycles. The molecule has 2 rings (SSSR count). The number of nitrogens with one attached hydrogen (secondary N) is 1. The topological polar surface area (TPSA) is 58.1 Å². The molecular weight excluding hydrogens is 252 g/mol. The number of hydrogen-bond acceptors (Lipinski definition) is 4. The molecule has 2 aromatic rings. The summed E-state index contributed by atoms with van der Waals surface area (Å²) < 4.78 is 0. The van der Waals surface area contributed by atoms with Crippen molar-refractivity contribution in [2.24, 2.45) is 0 Å². The quantitative estimate of drug-likeness (QED) is 0.902. The molecule has 0 aliphatic carbocycles. The van der Waals surface area contributed by atoms with Gasteiger partial charge in [0.2, 0.25) is 5.91 Å². The van der Waals surface area contributed by atoms with Crippen LogP contribution in [0.3, 0.4) is 0 Å². The minimum Gasteiger partial charge on any atom is -0.325 e. The number of hydrogen-bond donors (Lipinski definition) is 1. The van der Waals surface area contributed by atoms with E-state index >= 15 is 0 Å². The van der Waals surface area contributed by atoms with Crippen LogP contribution in [0.15, 0.2) is 48.9 Å². The van der Waals surface area contributed by atoms with Crippen molar-refractivity contribution in [3.8, 4) is 0 Å². The van der Waals surface area contributed by atoms with E-state index in [-0.39, 0.29) is 11.9 Å². The van der Waals surface area contributed by atoms with Crippen molar-refractivity contribution in [1.29, 1.82) is 0 Å². The van der Waals surface area contributed by atoms with Crippen molar-refractivity contribution in [3.63, 3.8) is 0 Å². The highest BCUT2D eigenvalue weighted by molar-refractivity contribution is 5.94. The summed E-state index contributed by atoms with van der Waals surface area (Å²) in [6, 6.07) is 9.18. The largest absolute Gasteiger partial charge is 0.325 e. The number of amides is 1. The van der Waals surface area contributed by atoms with Crippen LogP contribution in [0.5, 0.6) is 0 Å². The Balaban J connectivity index is 1.93. The lowest BCUT2D eigenvalue weighted by atomic mass is 10.2. The van der Waals surface area contributed by atoms with E-state index in [1.54, 1.807) is 18.6 Å². The molecule has 5 heteroatoms. The third kappa shape index (κ3) is 3.86. The number of benzene rings is 1. The second-order valence-corrected chi connectivity index (χ2v) is 4.64. The fourth-order valence-corrected chi connectivity index (χ4v) is 1.77.